The average Bonchev–Trinajstić information content (AvgIpc) is 3.50. The molecule has 2 aromatic rings. The van der Waals surface area contributed by atoms with E-state index in [-0.39, 0.29) is 24.5 Å². The standard InChI is InChI=1S/C22H26N4O3/c1-14(13-27)26-12-16-10-17(4-5-18(16)21(26)28)25-9-6-15-11-19(23-20(15)25)22(29)24-7-2-3-8-24/h4-5,10-11,14,23,27H,2-3,6-9,12-13H2,1H3. The van der Waals surface area contributed by atoms with Crippen molar-refractivity contribution in [3.05, 3.63) is 46.6 Å². The Bertz CT molecular complexity index is 976. The van der Waals surface area contributed by atoms with Crippen LogP contribution >= 0.6 is 0 Å². The summed E-state index contributed by atoms with van der Waals surface area (Å²) >= 11 is 0. The van der Waals surface area contributed by atoms with Crippen molar-refractivity contribution in [3.63, 3.8) is 0 Å². The van der Waals surface area contributed by atoms with Crippen LogP contribution in [0.15, 0.2) is 24.3 Å². The Balaban J connectivity index is 1.41. The molecule has 0 spiro atoms. The Kier molecular flexibility index (Phi) is 4.35. The maximum Gasteiger partial charge on any atom is 0.270 e. The highest BCUT2D eigenvalue weighted by Crippen LogP contribution is 2.37. The molecule has 1 saturated heterocycles. The van der Waals surface area contributed by atoms with Crippen LogP contribution in [0.2, 0.25) is 0 Å². The van der Waals surface area contributed by atoms with Crippen molar-refractivity contribution in [2.45, 2.75) is 38.8 Å². The number of aromatic nitrogens is 1. The van der Waals surface area contributed by atoms with Crippen LogP contribution in [0.3, 0.4) is 0 Å². The molecule has 3 aliphatic rings. The fourth-order valence-corrected chi connectivity index (χ4v) is 4.68. The first-order valence-corrected chi connectivity index (χ1v) is 10.4. The predicted octanol–water partition coefficient (Wildman–Crippen LogP) is 2.28. The SMILES string of the molecule is CC(CO)N1Cc2cc(N3CCc4cc(C(=O)N5CCCC5)[nH]c43)ccc2C1=O. The van der Waals surface area contributed by atoms with Gasteiger partial charge in [-0.2, -0.15) is 0 Å². The second kappa shape index (κ2) is 6.91. The molecule has 4 heterocycles. The van der Waals surface area contributed by atoms with Crippen molar-refractivity contribution < 1.29 is 14.7 Å². The van der Waals surface area contributed by atoms with E-state index in [1.54, 1.807) is 4.90 Å². The van der Waals surface area contributed by atoms with Gasteiger partial charge in [0, 0.05) is 37.4 Å². The number of hydrogen-bond donors (Lipinski definition) is 2. The summed E-state index contributed by atoms with van der Waals surface area (Å²) in [6.45, 7) is 4.87. The number of aliphatic hydroxyl groups is 1. The minimum absolute atomic E-state index is 0.0198. The predicted molar refractivity (Wildman–Crippen MR) is 110 cm³/mol. The summed E-state index contributed by atoms with van der Waals surface area (Å²) in [5.41, 5.74) is 4.56. The van der Waals surface area contributed by atoms with Gasteiger partial charge >= 0.3 is 0 Å². The van der Waals surface area contributed by atoms with E-state index in [9.17, 15) is 14.7 Å². The molecule has 2 amide bonds. The molecule has 3 aliphatic heterocycles. The Morgan fingerprint density at radius 2 is 1.97 bits per heavy atom. The van der Waals surface area contributed by atoms with Crippen LogP contribution in [0.5, 0.6) is 0 Å². The van der Waals surface area contributed by atoms with E-state index < -0.39 is 0 Å². The monoisotopic (exact) mass is 394 g/mol. The van der Waals surface area contributed by atoms with Gasteiger partial charge in [-0.1, -0.05) is 0 Å². The quantitative estimate of drug-likeness (QED) is 0.834. The molecule has 29 heavy (non-hydrogen) atoms. The van der Waals surface area contributed by atoms with Crippen LogP contribution in [0, 0.1) is 0 Å². The molecule has 7 heteroatoms. The molecule has 1 aromatic carbocycles. The highest BCUT2D eigenvalue weighted by Gasteiger charge is 2.32. The molecular formula is C22H26N4O3. The molecule has 0 radical (unpaired) electrons. The number of H-pyrrole nitrogens is 1. The van der Waals surface area contributed by atoms with Crippen molar-refractivity contribution in [1.82, 2.24) is 14.8 Å². The fourth-order valence-electron chi connectivity index (χ4n) is 4.68. The molecule has 0 aliphatic carbocycles. The lowest BCUT2D eigenvalue weighted by Crippen LogP contribution is -2.35. The Morgan fingerprint density at radius 1 is 1.17 bits per heavy atom. The molecule has 2 N–H and O–H groups in total. The number of carbonyl (C=O) groups is 2. The molecule has 0 saturated carbocycles. The number of amides is 2. The summed E-state index contributed by atoms with van der Waals surface area (Å²) in [6, 6.07) is 7.72. The first-order valence-electron chi connectivity index (χ1n) is 10.4. The average molecular weight is 394 g/mol. The van der Waals surface area contributed by atoms with E-state index >= 15 is 0 Å². The molecule has 5 rings (SSSR count). The number of nitrogens with zero attached hydrogens (tertiary/aromatic N) is 3. The summed E-state index contributed by atoms with van der Waals surface area (Å²) < 4.78 is 0. The minimum Gasteiger partial charge on any atom is -0.394 e. The number of likely N-dealkylation sites (tertiary alicyclic amines) is 1. The van der Waals surface area contributed by atoms with Crippen molar-refractivity contribution in [3.8, 4) is 0 Å². The topological polar surface area (TPSA) is 79.9 Å². The molecule has 1 fully saturated rings. The summed E-state index contributed by atoms with van der Waals surface area (Å²) in [6.07, 6.45) is 3.05. The summed E-state index contributed by atoms with van der Waals surface area (Å²) in [5, 5.41) is 9.42. The lowest BCUT2D eigenvalue weighted by atomic mass is 10.1. The van der Waals surface area contributed by atoms with Gasteiger partial charge in [-0.05, 0) is 61.6 Å². The number of aromatic amines is 1. The van der Waals surface area contributed by atoms with E-state index in [0.29, 0.717) is 17.8 Å². The molecule has 7 nitrogen and oxygen atoms in total. The zero-order valence-electron chi connectivity index (χ0n) is 16.6. The van der Waals surface area contributed by atoms with Crippen LogP contribution in [0.4, 0.5) is 11.5 Å². The van der Waals surface area contributed by atoms with Crippen LogP contribution in [-0.4, -0.2) is 64.0 Å². The first kappa shape index (κ1) is 18.2. The van der Waals surface area contributed by atoms with Gasteiger partial charge in [0.15, 0.2) is 0 Å². The number of benzene rings is 1. The van der Waals surface area contributed by atoms with Crippen molar-refractivity contribution in [2.75, 3.05) is 31.1 Å². The first-order chi connectivity index (χ1) is 14.1. The van der Waals surface area contributed by atoms with Gasteiger partial charge in [-0.15, -0.1) is 0 Å². The highest BCUT2D eigenvalue weighted by molar-refractivity contribution is 5.99. The third-order valence-corrected chi connectivity index (χ3v) is 6.40. The van der Waals surface area contributed by atoms with E-state index in [2.05, 4.69) is 16.0 Å². The van der Waals surface area contributed by atoms with Gasteiger partial charge < -0.3 is 24.8 Å². The van der Waals surface area contributed by atoms with Gasteiger partial charge in [0.05, 0.1) is 12.6 Å². The van der Waals surface area contributed by atoms with Crippen molar-refractivity contribution in [1.29, 1.82) is 0 Å². The molecule has 0 bridgehead atoms. The molecule has 1 atom stereocenters. The van der Waals surface area contributed by atoms with Crippen LogP contribution < -0.4 is 4.90 Å². The number of hydrogen-bond acceptors (Lipinski definition) is 4. The van der Waals surface area contributed by atoms with Gasteiger partial charge in [-0.3, -0.25) is 9.59 Å². The number of anilines is 2. The lowest BCUT2D eigenvalue weighted by Gasteiger charge is -2.22. The minimum atomic E-state index is -0.195. The number of rotatable bonds is 4. The lowest BCUT2D eigenvalue weighted by molar-refractivity contribution is 0.0644. The Morgan fingerprint density at radius 3 is 2.72 bits per heavy atom. The highest BCUT2D eigenvalue weighted by atomic mass is 16.3. The summed E-state index contributed by atoms with van der Waals surface area (Å²) in [5.74, 6) is 1.05. The number of fused-ring (bicyclic) bond motifs is 2. The molecule has 1 aromatic heterocycles. The molecule has 1 unspecified atom stereocenters. The van der Waals surface area contributed by atoms with Gasteiger partial charge in [0.1, 0.15) is 11.5 Å². The van der Waals surface area contributed by atoms with E-state index in [0.717, 1.165) is 56.0 Å². The van der Waals surface area contributed by atoms with Crippen LogP contribution in [0.1, 0.15) is 51.7 Å². The number of carbonyl (C=O) groups excluding carboxylic acids is 2. The third-order valence-electron chi connectivity index (χ3n) is 6.40. The zero-order chi connectivity index (χ0) is 20.1. The largest absolute Gasteiger partial charge is 0.394 e. The summed E-state index contributed by atoms with van der Waals surface area (Å²) in [7, 11) is 0. The van der Waals surface area contributed by atoms with Gasteiger partial charge in [0.25, 0.3) is 11.8 Å². The number of nitrogens with one attached hydrogen (secondary N) is 1. The second-order valence-electron chi connectivity index (χ2n) is 8.26. The van der Waals surface area contributed by atoms with E-state index in [4.69, 9.17) is 0 Å². The van der Waals surface area contributed by atoms with Crippen LogP contribution in [0.25, 0.3) is 0 Å². The molecular weight excluding hydrogens is 368 g/mol. The molecule has 152 valence electrons. The normalized spacial score (nSPS) is 19.1. The van der Waals surface area contributed by atoms with E-state index in [1.807, 2.05) is 30.0 Å². The maximum absolute atomic E-state index is 12.7. The van der Waals surface area contributed by atoms with Crippen LogP contribution in [-0.2, 0) is 13.0 Å². The Labute approximate surface area is 169 Å². The summed E-state index contributed by atoms with van der Waals surface area (Å²) in [4.78, 5) is 34.5. The van der Waals surface area contributed by atoms with E-state index in [1.165, 1.54) is 5.56 Å². The second-order valence-corrected chi connectivity index (χ2v) is 8.26. The smallest absolute Gasteiger partial charge is 0.270 e. The number of aliphatic hydroxyl groups excluding tert-OH is 1. The van der Waals surface area contributed by atoms with Gasteiger partial charge in [0.2, 0.25) is 0 Å². The van der Waals surface area contributed by atoms with Crippen molar-refractivity contribution >= 4 is 23.3 Å². The van der Waals surface area contributed by atoms with Gasteiger partial charge in [-0.25, -0.2) is 0 Å². The zero-order valence-corrected chi connectivity index (χ0v) is 16.6. The fraction of sp³-hybridized carbons (Fsp3) is 0.455. The van der Waals surface area contributed by atoms with Crippen molar-refractivity contribution in [2.24, 2.45) is 0 Å². The maximum atomic E-state index is 12.7. The Hall–Kier alpha value is -2.80. The third kappa shape index (κ3) is 2.92.